The summed E-state index contributed by atoms with van der Waals surface area (Å²) in [5.74, 6) is -0.474. The van der Waals surface area contributed by atoms with Gasteiger partial charge in [0.2, 0.25) is 5.91 Å². The molecule has 1 saturated heterocycles. The maximum absolute atomic E-state index is 11.3. The second-order valence-electron chi connectivity index (χ2n) is 3.14. The van der Waals surface area contributed by atoms with Gasteiger partial charge in [-0.25, -0.2) is 4.79 Å². The van der Waals surface area contributed by atoms with Crippen LogP contribution in [0, 0.1) is 0 Å². The summed E-state index contributed by atoms with van der Waals surface area (Å²) in [4.78, 5) is 23.8. The number of primary amides is 1. The lowest BCUT2D eigenvalue weighted by molar-refractivity contribution is -0.122. The summed E-state index contributed by atoms with van der Waals surface area (Å²) in [6, 6.07) is -0.532. The molecule has 1 aliphatic rings. The first kappa shape index (κ1) is 11.5. The van der Waals surface area contributed by atoms with Gasteiger partial charge in [0, 0.05) is 4.43 Å². The van der Waals surface area contributed by atoms with Crippen molar-refractivity contribution >= 4 is 34.6 Å². The Morgan fingerprint density at radius 3 is 2.86 bits per heavy atom. The van der Waals surface area contributed by atoms with Gasteiger partial charge in [0.15, 0.2) is 0 Å². The van der Waals surface area contributed by atoms with E-state index in [0.29, 0.717) is 13.0 Å². The first-order chi connectivity index (χ1) is 6.60. The number of cyclic esters (lactones) is 1. The Morgan fingerprint density at radius 2 is 2.50 bits per heavy atom. The van der Waals surface area contributed by atoms with E-state index in [2.05, 4.69) is 22.6 Å². The van der Waals surface area contributed by atoms with Gasteiger partial charge in [-0.1, -0.05) is 29.5 Å². The molecule has 0 bridgehead atoms. The Hall–Kier alpha value is -0.530. The van der Waals surface area contributed by atoms with Crippen LogP contribution in [-0.2, 0) is 9.53 Å². The molecule has 80 valence electrons. The van der Waals surface area contributed by atoms with Crippen LogP contribution in [0.25, 0.3) is 0 Å². The van der Waals surface area contributed by atoms with Crippen molar-refractivity contribution in [1.82, 2.24) is 4.90 Å². The molecule has 0 saturated carbocycles. The minimum atomic E-state index is -0.532. The quantitative estimate of drug-likeness (QED) is 0.607. The summed E-state index contributed by atoms with van der Waals surface area (Å²) in [5, 5.41) is 0. The molecule has 6 heteroatoms. The van der Waals surface area contributed by atoms with Crippen molar-refractivity contribution in [2.45, 2.75) is 25.5 Å². The van der Waals surface area contributed by atoms with Crippen LogP contribution in [0.2, 0.25) is 0 Å². The van der Waals surface area contributed by atoms with E-state index < -0.39 is 18.0 Å². The summed E-state index contributed by atoms with van der Waals surface area (Å²) in [6.45, 7) is 2.28. The van der Waals surface area contributed by atoms with Crippen LogP contribution in [-0.4, -0.2) is 40.0 Å². The molecule has 0 spiro atoms. The molecule has 0 aromatic rings. The summed E-state index contributed by atoms with van der Waals surface area (Å²) in [7, 11) is 0. The van der Waals surface area contributed by atoms with Gasteiger partial charge in [-0.15, -0.1) is 0 Å². The molecule has 1 heterocycles. The largest absolute Gasteiger partial charge is 0.443 e. The monoisotopic (exact) mass is 312 g/mol. The highest BCUT2D eigenvalue weighted by Gasteiger charge is 2.36. The van der Waals surface area contributed by atoms with Crippen LogP contribution in [0.4, 0.5) is 4.79 Å². The van der Waals surface area contributed by atoms with Crippen LogP contribution in [0.15, 0.2) is 0 Å². The minimum absolute atomic E-state index is 0.114. The van der Waals surface area contributed by atoms with Crippen LogP contribution in [0.1, 0.15) is 13.3 Å². The van der Waals surface area contributed by atoms with E-state index >= 15 is 0 Å². The third-order valence-corrected chi connectivity index (χ3v) is 3.15. The second kappa shape index (κ2) is 4.81. The zero-order chi connectivity index (χ0) is 10.7. The average Bonchev–Trinajstić information content (AvgIpc) is 2.48. The Labute approximate surface area is 96.1 Å². The summed E-state index contributed by atoms with van der Waals surface area (Å²) < 4.78 is 5.76. The number of alkyl halides is 1. The maximum Gasteiger partial charge on any atom is 0.410 e. The van der Waals surface area contributed by atoms with E-state index in [1.165, 1.54) is 4.90 Å². The highest BCUT2D eigenvalue weighted by Crippen LogP contribution is 2.17. The molecule has 2 atom stereocenters. The third kappa shape index (κ3) is 2.28. The molecule has 1 unspecified atom stereocenters. The third-order valence-electron chi connectivity index (χ3n) is 2.17. The average molecular weight is 312 g/mol. The standard InChI is InChI=1S/C8H13IN2O3/c1-2-6(7(10)12)11-4-5(3-9)14-8(11)13/h5-6H,2-4H2,1H3,(H2,10,12)/t5?,6-/m0/s1. The normalized spacial score (nSPS) is 23.4. The SMILES string of the molecule is CC[C@@H](C(N)=O)N1CC(CI)OC1=O. The number of hydrogen-bond acceptors (Lipinski definition) is 3. The molecule has 0 radical (unpaired) electrons. The van der Waals surface area contributed by atoms with E-state index in [-0.39, 0.29) is 6.10 Å². The molecule has 0 aliphatic carbocycles. The van der Waals surface area contributed by atoms with Crippen LogP contribution >= 0.6 is 22.6 Å². The van der Waals surface area contributed by atoms with Crippen molar-refractivity contribution in [2.24, 2.45) is 5.73 Å². The summed E-state index contributed by atoms with van der Waals surface area (Å²) in [5.41, 5.74) is 5.19. The fraction of sp³-hybridized carbons (Fsp3) is 0.750. The second-order valence-corrected chi connectivity index (χ2v) is 4.02. The van der Waals surface area contributed by atoms with E-state index in [1.54, 1.807) is 0 Å². The van der Waals surface area contributed by atoms with Gasteiger partial charge < -0.3 is 10.5 Å². The van der Waals surface area contributed by atoms with Gasteiger partial charge in [-0.05, 0) is 6.42 Å². The van der Waals surface area contributed by atoms with Gasteiger partial charge in [0.05, 0.1) is 6.54 Å². The molecule has 1 aliphatic heterocycles. The van der Waals surface area contributed by atoms with Gasteiger partial charge in [0.25, 0.3) is 0 Å². The highest BCUT2D eigenvalue weighted by molar-refractivity contribution is 14.1. The van der Waals surface area contributed by atoms with Gasteiger partial charge >= 0.3 is 6.09 Å². The number of halogens is 1. The first-order valence-corrected chi connectivity index (χ1v) is 5.95. The van der Waals surface area contributed by atoms with Crippen molar-refractivity contribution in [3.63, 3.8) is 0 Å². The van der Waals surface area contributed by atoms with Crippen molar-refractivity contribution in [2.75, 3.05) is 11.0 Å². The smallest absolute Gasteiger partial charge is 0.410 e. The number of ether oxygens (including phenoxy) is 1. The summed E-state index contributed by atoms with van der Waals surface area (Å²) >= 11 is 2.14. The Bertz CT molecular complexity index is 247. The molecule has 14 heavy (non-hydrogen) atoms. The van der Waals surface area contributed by atoms with E-state index in [4.69, 9.17) is 10.5 Å². The molecule has 2 N–H and O–H groups in total. The van der Waals surface area contributed by atoms with E-state index in [9.17, 15) is 9.59 Å². The molecular weight excluding hydrogens is 299 g/mol. The molecule has 1 rings (SSSR count). The fourth-order valence-corrected chi connectivity index (χ4v) is 1.91. The van der Waals surface area contributed by atoms with Crippen molar-refractivity contribution < 1.29 is 14.3 Å². The lowest BCUT2D eigenvalue weighted by Gasteiger charge is -2.20. The number of carbonyl (C=O) groups excluding carboxylic acids is 2. The highest BCUT2D eigenvalue weighted by atomic mass is 127. The van der Waals surface area contributed by atoms with Gasteiger partial charge in [-0.3, -0.25) is 9.69 Å². The molecule has 0 aromatic carbocycles. The number of nitrogens with two attached hydrogens (primary N) is 1. The Kier molecular flexibility index (Phi) is 3.97. The van der Waals surface area contributed by atoms with Crippen LogP contribution in [0.5, 0.6) is 0 Å². The van der Waals surface area contributed by atoms with Crippen molar-refractivity contribution in [1.29, 1.82) is 0 Å². The number of carbonyl (C=O) groups is 2. The molecule has 1 fully saturated rings. The molecular formula is C8H13IN2O3. The van der Waals surface area contributed by atoms with Crippen LogP contribution in [0.3, 0.4) is 0 Å². The number of amides is 2. The van der Waals surface area contributed by atoms with E-state index in [1.807, 2.05) is 6.92 Å². The predicted molar refractivity (Wildman–Crippen MR) is 59.1 cm³/mol. The van der Waals surface area contributed by atoms with Gasteiger partial charge in [0.1, 0.15) is 12.1 Å². The Balaban J connectivity index is 2.68. The van der Waals surface area contributed by atoms with Crippen molar-refractivity contribution in [3.05, 3.63) is 0 Å². The number of rotatable bonds is 4. The molecule has 5 nitrogen and oxygen atoms in total. The van der Waals surface area contributed by atoms with Crippen LogP contribution < -0.4 is 5.73 Å². The topological polar surface area (TPSA) is 72.6 Å². The predicted octanol–water partition coefficient (Wildman–Crippen LogP) is 0.506. The van der Waals surface area contributed by atoms with Crippen molar-refractivity contribution in [3.8, 4) is 0 Å². The lowest BCUT2D eigenvalue weighted by atomic mass is 10.2. The lowest BCUT2D eigenvalue weighted by Crippen LogP contribution is -2.45. The zero-order valence-electron chi connectivity index (χ0n) is 7.90. The number of hydrogen-bond donors (Lipinski definition) is 1. The first-order valence-electron chi connectivity index (χ1n) is 4.42. The molecule has 0 aromatic heterocycles. The number of nitrogens with zero attached hydrogens (tertiary/aromatic N) is 1. The summed E-state index contributed by atoms with van der Waals surface area (Å²) in [6.07, 6.45) is -0.0212. The van der Waals surface area contributed by atoms with E-state index in [0.717, 1.165) is 4.43 Å². The zero-order valence-corrected chi connectivity index (χ0v) is 10.1. The van der Waals surface area contributed by atoms with Gasteiger partial charge in [-0.2, -0.15) is 0 Å². The fourth-order valence-electron chi connectivity index (χ4n) is 1.45. The maximum atomic E-state index is 11.3. The molecule has 2 amide bonds. The minimum Gasteiger partial charge on any atom is -0.443 e. The Morgan fingerprint density at radius 1 is 1.86 bits per heavy atom.